The van der Waals surface area contributed by atoms with Crippen molar-refractivity contribution in [3.05, 3.63) is 24.3 Å². The van der Waals surface area contributed by atoms with Crippen molar-refractivity contribution in [1.29, 1.82) is 0 Å². The molecule has 0 saturated heterocycles. The lowest BCUT2D eigenvalue weighted by atomic mass is 10.3. The van der Waals surface area contributed by atoms with E-state index < -0.39 is 0 Å². The highest BCUT2D eigenvalue weighted by atomic mass is 16.2. The lowest BCUT2D eigenvalue weighted by Gasteiger charge is -2.16. The van der Waals surface area contributed by atoms with Gasteiger partial charge in [0, 0.05) is 18.9 Å². The number of hydrogen-bond acceptors (Lipinski definition) is 3. The monoisotopic (exact) mass is 189 g/mol. The largest absolute Gasteiger partial charge is 0.326 e. The predicted molar refractivity (Wildman–Crippen MR) is 52.4 cm³/mol. The molecular weight excluding hydrogens is 178 g/mol. The van der Waals surface area contributed by atoms with Crippen LogP contribution in [0.25, 0.3) is 0 Å². The summed E-state index contributed by atoms with van der Waals surface area (Å²) in [5.41, 5.74) is 0.324. The van der Waals surface area contributed by atoms with Gasteiger partial charge in [0.2, 0.25) is 0 Å². The molecule has 4 heteroatoms. The summed E-state index contributed by atoms with van der Waals surface area (Å²) in [6.45, 7) is 2.73. The average molecular weight is 189 g/mol. The van der Waals surface area contributed by atoms with Gasteiger partial charge >= 0.3 is 0 Å². The number of hydrogen-bond donors (Lipinski definition) is 0. The second-order valence-electron chi connectivity index (χ2n) is 2.61. The molecule has 0 aliphatic heterocycles. The zero-order chi connectivity index (χ0) is 10.4. The van der Waals surface area contributed by atoms with Gasteiger partial charge in [-0.3, -0.25) is 9.78 Å². The topological polar surface area (TPSA) is 46.1 Å². The van der Waals surface area contributed by atoms with Gasteiger partial charge in [-0.15, -0.1) is 6.42 Å². The molecule has 0 aliphatic rings. The number of carbonyl (C=O) groups excluding carboxylic acids is 1. The Hall–Kier alpha value is -1.89. The molecule has 0 atom stereocenters. The van der Waals surface area contributed by atoms with Crippen LogP contribution < -0.4 is 0 Å². The number of terminal acetylenes is 1. The van der Waals surface area contributed by atoms with E-state index in [-0.39, 0.29) is 5.91 Å². The molecule has 0 spiro atoms. The highest BCUT2D eigenvalue weighted by Crippen LogP contribution is 1.98. The van der Waals surface area contributed by atoms with Crippen LogP contribution in [0.2, 0.25) is 0 Å². The maximum Gasteiger partial charge on any atom is 0.274 e. The van der Waals surface area contributed by atoms with E-state index in [0.29, 0.717) is 18.8 Å². The molecule has 0 aromatic carbocycles. The van der Waals surface area contributed by atoms with Gasteiger partial charge in [-0.05, 0) is 6.92 Å². The van der Waals surface area contributed by atoms with E-state index in [1.165, 1.54) is 23.5 Å². The van der Waals surface area contributed by atoms with Gasteiger partial charge in [0.25, 0.3) is 5.91 Å². The van der Waals surface area contributed by atoms with Crippen molar-refractivity contribution >= 4 is 5.91 Å². The van der Waals surface area contributed by atoms with Crippen LogP contribution in [0.4, 0.5) is 0 Å². The Bertz CT molecular complexity index is 342. The van der Waals surface area contributed by atoms with Crippen LogP contribution in [0, 0.1) is 12.3 Å². The van der Waals surface area contributed by atoms with Crippen LogP contribution in [-0.4, -0.2) is 33.9 Å². The zero-order valence-corrected chi connectivity index (χ0v) is 7.97. The third-order valence-electron chi connectivity index (χ3n) is 1.73. The van der Waals surface area contributed by atoms with Crippen LogP contribution in [0.1, 0.15) is 17.4 Å². The summed E-state index contributed by atoms with van der Waals surface area (Å²) >= 11 is 0. The fourth-order valence-corrected chi connectivity index (χ4v) is 1.01. The number of aromatic nitrogens is 2. The predicted octanol–water partition coefficient (Wildman–Crippen LogP) is 0.572. The molecule has 4 nitrogen and oxygen atoms in total. The molecular formula is C10H11N3O. The highest BCUT2D eigenvalue weighted by molar-refractivity contribution is 5.92. The SMILES string of the molecule is C#CCN(CC)C(=O)c1cnccn1. The summed E-state index contributed by atoms with van der Waals surface area (Å²) in [4.78, 5) is 21.0. The first-order chi connectivity index (χ1) is 6.79. The number of nitrogens with zero attached hydrogens (tertiary/aromatic N) is 3. The van der Waals surface area contributed by atoms with Crippen LogP contribution in [0.3, 0.4) is 0 Å². The summed E-state index contributed by atoms with van der Waals surface area (Å²) in [6, 6.07) is 0. The Morgan fingerprint density at radius 1 is 1.64 bits per heavy atom. The van der Waals surface area contributed by atoms with E-state index in [9.17, 15) is 4.79 Å². The standard InChI is InChI=1S/C10H11N3O/c1-3-7-13(4-2)10(14)9-8-11-5-6-12-9/h1,5-6,8H,4,7H2,2H3. The van der Waals surface area contributed by atoms with Gasteiger partial charge in [-0.25, -0.2) is 4.98 Å². The molecule has 0 saturated carbocycles. The molecule has 1 heterocycles. The molecule has 0 aliphatic carbocycles. The first-order valence-corrected chi connectivity index (χ1v) is 4.28. The van der Waals surface area contributed by atoms with Crippen LogP contribution in [0.5, 0.6) is 0 Å². The normalized spacial score (nSPS) is 9.14. The molecule has 14 heavy (non-hydrogen) atoms. The number of carbonyl (C=O) groups is 1. The second-order valence-corrected chi connectivity index (χ2v) is 2.61. The molecule has 1 aromatic rings. The van der Waals surface area contributed by atoms with Gasteiger partial charge in [-0.2, -0.15) is 0 Å². The number of rotatable bonds is 3. The molecule has 0 unspecified atom stereocenters. The smallest absolute Gasteiger partial charge is 0.274 e. The van der Waals surface area contributed by atoms with Crippen molar-refractivity contribution in [2.75, 3.05) is 13.1 Å². The maximum atomic E-state index is 11.7. The summed E-state index contributed by atoms with van der Waals surface area (Å²) in [5, 5.41) is 0. The van der Waals surface area contributed by atoms with Gasteiger partial charge in [-0.1, -0.05) is 5.92 Å². The zero-order valence-electron chi connectivity index (χ0n) is 7.97. The summed E-state index contributed by atoms with van der Waals surface area (Å²) in [5.74, 6) is 2.24. The molecule has 1 rings (SSSR count). The molecule has 0 N–H and O–H groups in total. The third kappa shape index (κ3) is 2.30. The first kappa shape index (κ1) is 10.2. The van der Waals surface area contributed by atoms with Crippen LogP contribution in [-0.2, 0) is 0 Å². The summed E-state index contributed by atoms with van der Waals surface area (Å²) in [6.07, 6.45) is 9.58. The van der Waals surface area contributed by atoms with Gasteiger partial charge in [0.1, 0.15) is 5.69 Å². The van der Waals surface area contributed by atoms with Crippen LogP contribution in [0.15, 0.2) is 18.6 Å². The fourth-order valence-electron chi connectivity index (χ4n) is 1.01. The maximum absolute atomic E-state index is 11.7. The molecule has 72 valence electrons. The molecule has 1 amide bonds. The van der Waals surface area contributed by atoms with Crippen molar-refractivity contribution in [3.63, 3.8) is 0 Å². The molecule has 0 bridgehead atoms. The Kier molecular flexibility index (Phi) is 3.62. The minimum Gasteiger partial charge on any atom is -0.326 e. The van der Waals surface area contributed by atoms with Crippen molar-refractivity contribution in [2.24, 2.45) is 0 Å². The lowest BCUT2D eigenvalue weighted by molar-refractivity contribution is 0.0778. The minimum atomic E-state index is -0.182. The Balaban J connectivity index is 2.79. The first-order valence-electron chi connectivity index (χ1n) is 4.28. The third-order valence-corrected chi connectivity index (χ3v) is 1.73. The Morgan fingerprint density at radius 3 is 2.93 bits per heavy atom. The Morgan fingerprint density at radius 2 is 2.43 bits per heavy atom. The van der Waals surface area contributed by atoms with Crippen molar-refractivity contribution < 1.29 is 4.79 Å². The molecule has 1 aromatic heterocycles. The van der Waals surface area contributed by atoms with Crippen molar-refractivity contribution in [3.8, 4) is 12.3 Å². The second kappa shape index (κ2) is 4.97. The van der Waals surface area contributed by atoms with E-state index in [1.54, 1.807) is 0 Å². The van der Waals surface area contributed by atoms with Crippen molar-refractivity contribution in [1.82, 2.24) is 14.9 Å². The van der Waals surface area contributed by atoms with Crippen molar-refractivity contribution in [2.45, 2.75) is 6.92 Å². The highest BCUT2D eigenvalue weighted by Gasteiger charge is 2.13. The van der Waals surface area contributed by atoms with E-state index in [4.69, 9.17) is 6.42 Å². The summed E-state index contributed by atoms with van der Waals surface area (Å²) in [7, 11) is 0. The Labute approximate surface area is 83.0 Å². The van der Waals surface area contributed by atoms with E-state index in [0.717, 1.165) is 0 Å². The quantitative estimate of drug-likeness (QED) is 0.653. The molecule has 0 radical (unpaired) electrons. The van der Waals surface area contributed by atoms with E-state index >= 15 is 0 Å². The van der Waals surface area contributed by atoms with E-state index in [1.807, 2.05) is 6.92 Å². The average Bonchev–Trinajstić information content (AvgIpc) is 2.26. The summed E-state index contributed by atoms with van der Waals surface area (Å²) < 4.78 is 0. The minimum absolute atomic E-state index is 0.182. The fraction of sp³-hybridized carbons (Fsp3) is 0.300. The van der Waals surface area contributed by atoms with E-state index in [2.05, 4.69) is 15.9 Å². The van der Waals surface area contributed by atoms with Crippen LogP contribution >= 0.6 is 0 Å². The van der Waals surface area contributed by atoms with Gasteiger partial charge < -0.3 is 4.90 Å². The van der Waals surface area contributed by atoms with Gasteiger partial charge in [0.15, 0.2) is 0 Å². The lowest BCUT2D eigenvalue weighted by Crippen LogP contribution is -2.31. The van der Waals surface area contributed by atoms with Gasteiger partial charge in [0.05, 0.1) is 12.7 Å². The number of amides is 1. The molecule has 0 fully saturated rings.